The van der Waals surface area contributed by atoms with Crippen LogP contribution in [0.2, 0.25) is 0 Å². The van der Waals surface area contributed by atoms with E-state index < -0.39 is 0 Å². The molecule has 0 unspecified atom stereocenters. The molecule has 0 spiro atoms. The molecule has 0 amide bonds. The van der Waals surface area contributed by atoms with Crippen molar-refractivity contribution in [3.63, 3.8) is 0 Å². The average molecular weight is 727 g/mol. The smallest absolute Gasteiger partial charge is 0.00137 e. The van der Waals surface area contributed by atoms with Crippen molar-refractivity contribution in [1.29, 1.82) is 0 Å². The molecule has 14 aromatic carbocycles. The molecule has 0 aliphatic heterocycles. The lowest BCUT2D eigenvalue weighted by Gasteiger charge is -2.16. The Balaban J connectivity index is 1.07. The van der Waals surface area contributed by atoms with Gasteiger partial charge in [-0.15, -0.1) is 0 Å². The predicted molar refractivity (Wildman–Crippen MR) is 250 cm³/mol. The lowest BCUT2D eigenvalue weighted by molar-refractivity contribution is 1.64. The van der Waals surface area contributed by atoms with E-state index in [2.05, 4.69) is 182 Å². The van der Waals surface area contributed by atoms with Gasteiger partial charge in [-0.2, -0.15) is 0 Å². The minimum atomic E-state index is 1.25. The quantitative estimate of drug-likeness (QED) is 0.123. The van der Waals surface area contributed by atoms with Crippen LogP contribution in [0.3, 0.4) is 0 Å². The summed E-state index contributed by atoms with van der Waals surface area (Å²) in [5.41, 5.74) is 10.5. The third-order valence-electron chi connectivity index (χ3n) is 14.0. The molecule has 0 bridgehead atoms. The number of hydrogen-bond acceptors (Lipinski definition) is 0. The molecular weight excluding hydrogens is 697 g/mol. The maximum Gasteiger partial charge on any atom is -0.00137 e. The van der Waals surface area contributed by atoms with E-state index in [1.165, 1.54) is 152 Å². The molecule has 15 rings (SSSR count). The van der Waals surface area contributed by atoms with Gasteiger partial charge in [0.1, 0.15) is 0 Å². The van der Waals surface area contributed by atoms with Crippen LogP contribution >= 0.6 is 0 Å². The van der Waals surface area contributed by atoms with Crippen molar-refractivity contribution < 1.29 is 0 Å². The van der Waals surface area contributed by atoms with Gasteiger partial charge in [-0.1, -0.05) is 164 Å². The maximum absolute atomic E-state index is 2.51. The summed E-state index contributed by atoms with van der Waals surface area (Å²) in [6.45, 7) is 0. The molecule has 58 heavy (non-hydrogen) atoms. The third kappa shape index (κ3) is 3.43. The molecule has 0 nitrogen and oxygen atoms in total. The van der Waals surface area contributed by atoms with Crippen molar-refractivity contribution in [3.05, 3.63) is 182 Å². The van der Waals surface area contributed by atoms with Gasteiger partial charge in [-0.05, 0) is 170 Å². The lowest BCUT2D eigenvalue weighted by Crippen LogP contribution is -1.87. The lowest BCUT2D eigenvalue weighted by atomic mass is 9.87. The van der Waals surface area contributed by atoms with Gasteiger partial charge >= 0.3 is 0 Å². The molecule has 0 heterocycles. The molecule has 14 aromatic rings. The van der Waals surface area contributed by atoms with E-state index in [1.54, 1.807) is 0 Å². The van der Waals surface area contributed by atoms with E-state index in [0.29, 0.717) is 0 Å². The minimum Gasteiger partial charge on any atom is -0.0622 e. The molecule has 1 aliphatic rings. The summed E-state index contributed by atoms with van der Waals surface area (Å²) >= 11 is 0. The van der Waals surface area contributed by atoms with E-state index in [-0.39, 0.29) is 0 Å². The van der Waals surface area contributed by atoms with E-state index in [1.807, 2.05) is 0 Å². The Bertz CT molecular complexity index is 4020. The Morgan fingerprint density at radius 3 is 1.17 bits per heavy atom. The molecule has 0 radical (unpaired) electrons. The first-order chi connectivity index (χ1) is 28.8. The molecule has 0 heteroatoms. The van der Waals surface area contributed by atoms with Crippen LogP contribution in [0.15, 0.2) is 182 Å². The summed E-state index contributed by atoms with van der Waals surface area (Å²) < 4.78 is 0. The zero-order valence-corrected chi connectivity index (χ0v) is 31.3. The fraction of sp³-hybridized carbons (Fsp3) is 0. The van der Waals surface area contributed by atoms with E-state index >= 15 is 0 Å². The van der Waals surface area contributed by atoms with E-state index in [9.17, 15) is 0 Å². The maximum atomic E-state index is 2.51. The first kappa shape index (κ1) is 29.7. The summed E-state index contributed by atoms with van der Waals surface area (Å²) in [6, 6.07) is 69.1. The molecule has 0 fully saturated rings. The normalized spacial score (nSPS) is 12.8. The second-order valence-electron chi connectivity index (χ2n) is 16.6. The van der Waals surface area contributed by atoms with Gasteiger partial charge in [0.2, 0.25) is 0 Å². The topological polar surface area (TPSA) is 0 Å². The van der Waals surface area contributed by atoms with Crippen molar-refractivity contribution in [2.75, 3.05) is 0 Å². The van der Waals surface area contributed by atoms with Crippen molar-refractivity contribution in [3.8, 4) is 44.5 Å². The Morgan fingerprint density at radius 2 is 0.586 bits per heavy atom. The molecule has 262 valence electrons. The minimum absolute atomic E-state index is 1.25. The second kappa shape index (κ2) is 10.2. The zero-order chi connectivity index (χ0) is 37.4. The largest absolute Gasteiger partial charge is 0.0622 e. The summed E-state index contributed by atoms with van der Waals surface area (Å²) in [5.74, 6) is 0. The van der Waals surface area contributed by atoms with Gasteiger partial charge < -0.3 is 0 Å². The average Bonchev–Trinajstić information content (AvgIpc) is 3.92. The van der Waals surface area contributed by atoms with Crippen LogP contribution in [0.25, 0.3) is 152 Å². The Labute approximate surface area is 332 Å². The summed E-state index contributed by atoms with van der Waals surface area (Å²) in [5, 5.41) is 27.0. The van der Waals surface area contributed by atoms with E-state index in [4.69, 9.17) is 0 Å². The summed E-state index contributed by atoms with van der Waals surface area (Å²) in [6.07, 6.45) is 0. The van der Waals surface area contributed by atoms with Crippen LogP contribution in [-0.4, -0.2) is 0 Å². The van der Waals surface area contributed by atoms with Crippen LogP contribution in [0, 0.1) is 0 Å². The van der Waals surface area contributed by atoms with Crippen LogP contribution in [0.5, 0.6) is 0 Å². The van der Waals surface area contributed by atoms with Gasteiger partial charge in [-0.3, -0.25) is 0 Å². The molecule has 0 saturated heterocycles. The van der Waals surface area contributed by atoms with Gasteiger partial charge in [0.25, 0.3) is 0 Å². The van der Waals surface area contributed by atoms with Crippen molar-refractivity contribution in [1.82, 2.24) is 0 Å². The predicted octanol–water partition coefficient (Wildman–Crippen LogP) is 16.5. The molecular formula is C58H30. The van der Waals surface area contributed by atoms with Gasteiger partial charge in [0.15, 0.2) is 0 Å². The third-order valence-corrected chi connectivity index (χ3v) is 14.0. The highest BCUT2D eigenvalue weighted by atomic mass is 14.3. The highest BCUT2D eigenvalue weighted by molar-refractivity contribution is 6.45. The van der Waals surface area contributed by atoms with Crippen LogP contribution < -0.4 is 0 Å². The highest BCUT2D eigenvalue weighted by Crippen LogP contribution is 2.55. The fourth-order valence-electron chi connectivity index (χ4n) is 11.7. The van der Waals surface area contributed by atoms with Gasteiger partial charge in [0, 0.05) is 0 Å². The highest BCUT2D eigenvalue weighted by Gasteiger charge is 2.27. The first-order valence-electron chi connectivity index (χ1n) is 20.4. The molecule has 0 N–H and O–H groups in total. The second-order valence-corrected chi connectivity index (χ2v) is 16.6. The van der Waals surface area contributed by atoms with Crippen LogP contribution in [0.4, 0.5) is 0 Å². The Kier molecular flexibility index (Phi) is 5.25. The van der Waals surface area contributed by atoms with Gasteiger partial charge in [-0.25, -0.2) is 0 Å². The number of benzene rings is 12. The Morgan fingerprint density at radius 1 is 0.172 bits per heavy atom. The van der Waals surface area contributed by atoms with Crippen molar-refractivity contribution >= 4 is 108 Å². The standard InChI is InChI=1S/C58H30/c1-3-10-31(11-4-1)34-18-19-35(32-12-5-2-6-13-32)54-51-29-33-28-49-45-26-24-43-41-22-20-39-36-14-7-8-15-37(36)40-21-23-42(56(41)55(39)40)44-25-27-46(58(45)57(43)44)50(49)30-48(33)38-16-9-17-47(52(38)51)53(34)54/h1-30H. The SMILES string of the molecule is c1ccc(-c2ccc(-c3ccccc3)c3c4cc5cc6c(cc5c5cccc(c23)c54)c2ccc3c4ccc5c7c(ccc(c8ccc6c2c83)c74)-c2ccccc2-5)cc1. The zero-order valence-electron chi connectivity index (χ0n) is 31.3. The monoisotopic (exact) mass is 726 g/mol. The number of rotatable bonds is 2. The Hall–Kier alpha value is -7.54. The molecule has 1 aliphatic carbocycles. The molecule has 0 saturated carbocycles. The van der Waals surface area contributed by atoms with Crippen LogP contribution in [0.1, 0.15) is 0 Å². The molecule has 0 aromatic heterocycles. The number of hydrogen-bond donors (Lipinski definition) is 0. The molecule has 0 atom stereocenters. The van der Waals surface area contributed by atoms with Crippen molar-refractivity contribution in [2.24, 2.45) is 0 Å². The van der Waals surface area contributed by atoms with E-state index in [0.717, 1.165) is 0 Å². The number of fused-ring (bicyclic) bond motifs is 13. The fourth-order valence-corrected chi connectivity index (χ4v) is 11.7. The summed E-state index contributed by atoms with van der Waals surface area (Å²) in [7, 11) is 0. The summed E-state index contributed by atoms with van der Waals surface area (Å²) in [4.78, 5) is 0. The first-order valence-corrected chi connectivity index (χ1v) is 20.4. The van der Waals surface area contributed by atoms with Crippen LogP contribution in [-0.2, 0) is 0 Å². The van der Waals surface area contributed by atoms with Gasteiger partial charge in [0.05, 0.1) is 0 Å². The van der Waals surface area contributed by atoms with Crippen molar-refractivity contribution in [2.45, 2.75) is 0 Å².